The van der Waals surface area contributed by atoms with Crippen LogP contribution in [0.2, 0.25) is 0 Å². The maximum atomic E-state index is 13.1. The van der Waals surface area contributed by atoms with Crippen molar-refractivity contribution in [3.63, 3.8) is 0 Å². The van der Waals surface area contributed by atoms with Crippen molar-refractivity contribution in [1.82, 2.24) is 0 Å². The Balaban J connectivity index is 1.57. The lowest BCUT2D eigenvalue weighted by Crippen LogP contribution is -2.68. The van der Waals surface area contributed by atoms with E-state index in [0.29, 0.717) is 17.8 Å². The Labute approximate surface area is 231 Å². The molecule has 5 heteroatoms. The summed E-state index contributed by atoms with van der Waals surface area (Å²) < 4.78 is 11.6. The molecule has 5 rings (SSSR count). The van der Waals surface area contributed by atoms with Gasteiger partial charge in [0.15, 0.2) is 0 Å². The molecular weight excluding hydrogens is 476 g/mol. The summed E-state index contributed by atoms with van der Waals surface area (Å²) in [5, 5.41) is 11.2. The van der Waals surface area contributed by atoms with E-state index in [0.717, 1.165) is 44.9 Å². The van der Waals surface area contributed by atoms with Gasteiger partial charge in [-0.05, 0) is 124 Å². The number of ether oxygens (including phenoxy) is 2. The zero-order chi connectivity index (χ0) is 28.1. The lowest BCUT2D eigenvalue weighted by Gasteiger charge is -2.73. The number of aliphatic hydroxyl groups is 1. The second-order valence-electron chi connectivity index (χ2n) is 16.1. The molecule has 5 nitrogen and oxygen atoms in total. The zero-order valence-corrected chi connectivity index (χ0v) is 25.6. The first-order valence-corrected chi connectivity index (χ1v) is 15.5. The fourth-order valence-electron chi connectivity index (χ4n) is 12.6. The molecule has 1 N–H and O–H groups in total. The normalized spacial score (nSPS) is 52.2. The number of hydrogen-bond donors (Lipinski definition) is 1. The monoisotopic (exact) mass is 530 g/mol. The van der Waals surface area contributed by atoms with Gasteiger partial charge in [-0.1, -0.05) is 34.1 Å². The SMILES string of the molecule is COC(=O)C1(C)CCCC2(C)C1CCC1(C)C2CCC2C3(C)CCC(C(C)(C)O)C3C(OC(C)=O)CC21C. The second-order valence-corrected chi connectivity index (χ2v) is 16.1. The fraction of sp³-hybridized carbons (Fsp3) is 0.939. The van der Waals surface area contributed by atoms with Crippen molar-refractivity contribution < 1.29 is 24.2 Å². The van der Waals surface area contributed by atoms with Gasteiger partial charge >= 0.3 is 11.9 Å². The third-order valence-corrected chi connectivity index (χ3v) is 14.2. The van der Waals surface area contributed by atoms with E-state index in [1.54, 1.807) is 14.0 Å². The Hall–Kier alpha value is -1.10. The van der Waals surface area contributed by atoms with Gasteiger partial charge in [0.25, 0.3) is 0 Å². The maximum Gasteiger partial charge on any atom is 0.311 e. The van der Waals surface area contributed by atoms with Crippen LogP contribution >= 0.6 is 0 Å². The van der Waals surface area contributed by atoms with Crippen molar-refractivity contribution in [3.8, 4) is 0 Å². The number of hydrogen-bond acceptors (Lipinski definition) is 5. The first-order valence-electron chi connectivity index (χ1n) is 15.5. The van der Waals surface area contributed by atoms with Crippen molar-refractivity contribution in [3.05, 3.63) is 0 Å². The Morgan fingerprint density at radius 1 is 0.816 bits per heavy atom. The number of methoxy groups -OCH3 is 1. The van der Waals surface area contributed by atoms with Gasteiger partial charge in [0.2, 0.25) is 0 Å². The van der Waals surface area contributed by atoms with Crippen LogP contribution in [-0.2, 0) is 19.1 Å². The minimum absolute atomic E-state index is 0.0246. The van der Waals surface area contributed by atoms with Crippen LogP contribution in [0.15, 0.2) is 0 Å². The molecule has 0 aliphatic heterocycles. The molecule has 38 heavy (non-hydrogen) atoms. The number of fused-ring (bicyclic) bond motifs is 7. The number of carbonyl (C=O) groups is 2. The summed E-state index contributed by atoms with van der Waals surface area (Å²) in [6, 6.07) is 0. The molecule has 5 saturated carbocycles. The summed E-state index contributed by atoms with van der Waals surface area (Å²) in [6.45, 7) is 17.7. The van der Waals surface area contributed by atoms with Gasteiger partial charge in [0.05, 0.1) is 18.1 Å². The highest BCUT2D eigenvalue weighted by Crippen LogP contribution is 2.78. The molecule has 0 aromatic heterocycles. The van der Waals surface area contributed by atoms with E-state index in [-0.39, 0.29) is 51.5 Å². The molecule has 0 aromatic rings. The third kappa shape index (κ3) is 3.58. The molecule has 5 aliphatic rings. The summed E-state index contributed by atoms with van der Waals surface area (Å²) in [7, 11) is 1.55. The third-order valence-electron chi connectivity index (χ3n) is 14.2. The van der Waals surface area contributed by atoms with E-state index in [4.69, 9.17) is 9.47 Å². The van der Waals surface area contributed by atoms with Crippen LogP contribution in [0.25, 0.3) is 0 Å². The van der Waals surface area contributed by atoms with E-state index in [2.05, 4.69) is 34.6 Å². The Kier molecular flexibility index (Phi) is 6.51. The summed E-state index contributed by atoms with van der Waals surface area (Å²) in [6.07, 6.45) is 10.5. The molecule has 0 saturated heterocycles. The molecule has 5 aliphatic carbocycles. The first kappa shape index (κ1) is 28.4. The topological polar surface area (TPSA) is 72.8 Å². The molecule has 5 fully saturated rings. The molecule has 0 spiro atoms. The highest BCUT2D eigenvalue weighted by atomic mass is 16.5. The number of esters is 2. The lowest BCUT2D eigenvalue weighted by molar-refractivity contribution is -0.264. The first-order chi connectivity index (χ1) is 17.5. The predicted molar refractivity (Wildman–Crippen MR) is 148 cm³/mol. The van der Waals surface area contributed by atoms with Crippen LogP contribution in [0.1, 0.15) is 120 Å². The average Bonchev–Trinajstić information content (AvgIpc) is 3.17. The van der Waals surface area contributed by atoms with Gasteiger partial charge in [0.1, 0.15) is 6.10 Å². The smallest absolute Gasteiger partial charge is 0.311 e. The van der Waals surface area contributed by atoms with Crippen LogP contribution in [0.3, 0.4) is 0 Å². The molecule has 0 aromatic carbocycles. The predicted octanol–water partition coefficient (Wildman–Crippen LogP) is 6.94. The zero-order valence-electron chi connectivity index (χ0n) is 25.6. The van der Waals surface area contributed by atoms with Crippen molar-refractivity contribution in [2.24, 2.45) is 56.7 Å². The van der Waals surface area contributed by atoms with Crippen LogP contribution in [0, 0.1) is 56.7 Å². The van der Waals surface area contributed by atoms with Crippen molar-refractivity contribution >= 4 is 11.9 Å². The Morgan fingerprint density at radius 2 is 1.45 bits per heavy atom. The highest BCUT2D eigenvalue weighted by molar-refractivity contribution is 5.77. The molecular formula is C33H54O5. The molecule has 0 radical (unpaired) electrons. The van der Waals surface area contributed by atoms with Gasteiger partial charge in [-0.3, -0.25) is 9.59 Å². The summed E-state index contributed by atoms with van der Waals surface area (Å²) in [4.78, 5) is 25.6. The van der Waals surface area contributed by atoms with Crippen molar-refractivity contribution in [1.29, 1.82) is 0 Å². The molecule has 0 amide bonds. The maximum absolute atomic E-state index is 13.1. The minimum Gasteiger partial charge on any atom is -0.469 e. The summed E-state index contributed by atoms with van der Waals surface area (Å²) in [5.74, 6) is 1.52. The van der Waals surface area contributed by atoms with E-state index in [1.165, 1.54) is 19.3 Å². The quantitative estimate of drug-likeness (QED) is 0.400. The Morgan fingerprint density at radius 3 is 2.03 bits per heavy atom. The minimum atomic E-state index is -0.790. The molecule has 11 unspecified atom stereocenters. The Bertz CT molecular complexity index is 984. The largest absolute Gasteiger partial charge is 0.469 e. The lowest BCUT2D eigenvalue weighted by atomic mass is 9.31. The van der Waals surface area contributed by atoms with Crippen molar-refractivity contribution in [2.75, 3.05) is 7.11 Å². The van der Waals surface area contributed by atoms with E-state index in [1.807, 2.05) is 13.8 Å². The van der Waals surface area contributed by atoms with Crippen LogP contribution in [0.4, 0.5) is 0 Å². The van der Waals surface area contributed by atoms with E-state index in [9.17, 15) is 14.7 Å². The highest BCUT2D eigenvalue weighted by Gasteiger charge is 2.73. The second kappa shape index (κ2) is 8.70. The van der Waals surface area contributed by atoms with E-state index >= 15 is 0 Å². The standard InChI is InChI=1S/C33H54O5/c1-20(34)38-22-19-33(8)25(30(5)17-13-21(26(22)30)28(2,3)36)12-11-24-29(4)15-10-16-31(6,27(35)37-9)23(29)14-18-32(24,33)7/h21-26,36H,10-19H2,1-9H3. The molecule has 0 bridgehead atoms. The van der Waals surface area contributed by atoms with Gasteiger partial charge in [-0.25, -0.2) is 0 Å². The summed E-state index contributed by atoms with van der Waals surface area (Å²) >= 11 is 0. The van der Waals surface area contributed by atoms with Crippen LogP contribution in [-0.4, -0.2) is 35.9 Å². The van der Waals surface area contributed by atoms with Crippen molar-refractivity contribution in [2.45, 2.75) is 131 Å². The average molecular weight is 531 g/mol. The number of rotatable bonds is 3. The van der Waals surface area contributed by atoms with E-state index < -0.39 is 11.0 Å². The fourth-order valence-corrected chi connectivity index (χ4v) is 12.6. The van der Waals surface area contributed by atoms with Gasteiger partial charge in [-0.15, -0.1) is 0 Å². The summed E-state index contributed by atoms with van der Waals surface area (Å²) in [5.41, 5.74) is -0.922. The van der Waals surface area contributed by atoms with Gasteiger partial charge < -0.3 is 14.6 Å². The molecule has 216 valence electrons. The van der Waals surface area contributed by atoms with Crippen LogP contribution < -0.4 is 0 Å². The molecule has 0 heterocycles. The number of carbonyl (C=O) groups excluding carboxylic acids is 2. The molecule has 11 atom stereocenters. The van der Waals surface area contributed by atoms with Crippen LogP contribution in [0.5, 0.6) is 0 Å². The van der Waals surface area contributed by atoms with Gasteiger partial charge in [-0.2, -0.15) is 0 Å². The van der Waals surface area contributed by atoms with Gasteiger partial charge in [0, 0.05) is 12.8 Å².